The fraction of sp³-hybridized carbons (Fsp3) is 0.0968. The van der Waals surface area contributed by atoms with Crippen molar-refractivity contribution in [2.75, 3.05) is 0 Å². The van der Waals surface area contributed by atoms with Crippen LogP contribution in [-0.4, -0.2) is 0 Å². The minimum absolute atomic E-state index is 0.535. The number of hydrogen-bond donors (Lipinski definition) is 0. The predicted molar refractivity (Wildman–Crippen MR) is 134 cm³/mol. The zero-order valence-corrected chi connectivity index (χ0v) is 18.0. The van der Waals surface area contributed by atoms with E-state index in [1.165, 1.54) is 49.7 Å². The maximum Gasteiger partial charge on any atom is -0.00266 e. The number of benzene rings is 5. The molecule has 0 aliphatic rings. The zero-order valence-electron chi connectivity index (χ0n) is 18.0. The van der Waals surface area contributed by atoms with Crippen molar-refractivity contribution >= 4 is 10.8 Å². The molecule has 0 aliphatic carbocycles. The van der Waals surface area contributed by atoms with Crippen LogP contribution in [0.5, 0.6) is 0 Å². The van der Waals surface area contributed by atoms with E-state index in [9.17, 15) is 0 Å². The first kappa shape index (κ1) is 19.3. The minimum Gasteiger partial charge on any atom is -0.0622 e. The first-order valence-electron chi connectivity index (χ1n) is 11.0. The van der Waals surface area contributed by atoms with Crippen LogP contribution in [0.4, 0.5) is 0 Å². The zero-order chi connectivity index (χ0) is 21.2. The average molecular weight is 399 g/mol. The van der Waals surface area contributed by atoms with E-state index in [-0.39, 0.29) is 0 Å². The van der Waals surface area contributed by atoms with Gasteiger partial charge in [0, 0.05) is 0 Å². The van der Waals surface area contributed by atoms with E-state index in [4.69, 9.17) is 0 Å². The molecular formula is C31H26. The molecule has 0 nitrogen and oxygen atoms in total. The largest absolute Gasteiger partial charge is 0.0622 e. The molecule has 5 rings (SSSR count). The molecule has 0 atom stereocenters. The summed E-state index contributed by atoms with van der Waals surface area (Å²) >= 11 is 0. The van der Waals surface area contributed by atoms with Gasteiger partial charge in [-0.05, 0) is 61.7 Å². The van der Waals surface area contributed by atoms with E-state index in [0.29, 0.717) is 5.92 Å². The molecule has 0 saturated carbocycles. The van der Waals surface area contributed by atoms with Gasteiger partial charge in [-0.2, -0.15) is 0 Å². The predicted octanol–water partition coefficient (Wildman–Crippen LogP) is 8.96. The van der Waals surface area contributed by atoms with Crippen LogP contribution in [0.3, 0.4) is 0 Å². The molecule has 150 valence electrons. The standard InChI is InChI=1S/C31H26/c1-22(2)23-15-17-26(18-16-23)30-20-19-25-11-6-7-14-29(25)31(30)28-13-8-12-27(21-28)24-9-4-3-5-10-24/h3-22H,1-2H3. The van der Waals surface area contributed by atoms with Gasteiger partial charge in [-0.1, -0.05) is 123 Å². The van der Waals surface area contributed by atoms with Crippen LogP contribution >= 0.6 is 0 Å². The molecule has 5 aromatic carbocycles. The van der Waals surface area contributed by atoms with Gasteiger partial charge >= 0.3 is 0 Å². The van der Waals surface area contributed by atoms with Crippen LogP contribution < -0.4 is 0 Å². The van der Waals surface area contributed by atoms with Crippen molar-refractivity contribution in [1.82, 2.24) is 0 Å². The van der Waals surface area contributed by atoms with E-state index >= 15 is 0 Å². The summed E-state index contributed by atoms with van der Waals surface area (Å²) in [7, 11) is 0. The van der Waals surface area contributed by atoms with Gasteiger partial charge in [-0.25, -0.2) is 0 Å². The van der Waals surface area contributed by atoms with Gasteiger partial charge in [0.15, 0.2) is 0 Å². The molecular weight excluding hydrogens is 372 g/mol. The van der Waals surface area contributed by atoms with Gasteiger partial charge < -0.3 is 0 Å². The smallest absolute Gasteiger partial charge is 0.00266 e. The van der Waals surface area contributed by atoms with E-state index in [0.717, 1.165) is 0 Å². The SMILES string of the molecule is CC(C)c1ccc(-c2ccc3ccccc3c2-c2cccc(-c3ccccc3)c2)cc1. The summed E-state index contributed by atoms with van der Waals surface area (Å²) < 4.78 is 0. The first-order valence-corrected chi connectivity index (χ1v) is 11.0. The van der Waals surface area contributed by atoms with Crippen molar-refractivity contribution in [1.29, 1.82) is 0 Å². The highest BCUT2D eigenvalue weighted by Gasteiger charge is 2.13. The summed E-state index contributed by atoms with van der Waals surface area (Å²) in [6.07, 6.45) is 0. The summed E-state index contributed by atoms with van der Waals surface area (Å²) in [6, 6.07) is 41.8. The minimum atomic E-state index is 0.535. The van der Waals surface area contributed by atoms with Crippen LogP contribution in [-0.2, 0) is 0 Å². The second-order valence-corrected chi connectivity index (χ2v) is 8.43. The topological polar surface area (TPSA) is 0 Å². The van der Waals surface area contributed by atoms with Crippen molar-refractivity contribution in [3.05, 3.63) is 121 Å². The van der Waals surface area contributed by atoms with Crippen LogP contribution in [0.1, 0.15) is 25.3 Å². The van der Waals surface area contributed by atoms with Crippen molar-refractivity contribution in [3.63, 3.8) is 0 Å². The van der Waals surface area contributed by atoms with Gasteiger partial charge in [-0.3, -0.25) is 0 Å². The number of hydrogen-bond acceptors (Lipinski definition) is 0. The quantitative estimate of drug-likeness (QED) is 0.283. The second-order valence-electron chi connectivity index (χ2n) is 8.43. The Balaban J connectivity index is 1.73. The lowest BCUT2D eigenvalue weighted by molar-refractivity contribution is 0.867. The Bertz CT molecular complexity index is 1330. The van der Waals surface area contributed by atoms with E-state index in [1.807, 2.05) is 0 Å². The Morgan fingerprint density at radius 2 is 1.16 bits per heavy atom. The van der Waals surface area contributed by atoms with E-state index in [1.54, 1.807) is 0 Å². The summed E-state index contributed by atoms with van der Waals surface area (Å²) in [5.41, 5.74) is 8.94. The van der Waals surface area contributed by atoms with Gasteiger partial charge in [-0.15, -0.1) is 0 Å². The van der Waals surface area contributed by atoms with Gasteiger partial charge in [0.1, 0.15) is 0 Å². The highest BCUT2D eigenvalue weighted by atomic mass is 14.2. The van der Waals surface area contributed by atoms with E-state index < -0.39 is 0 Å². The molecule has 0 unspecified atom stereocenters. The molecule has 0 amide bonds. The Morgan fingerprint density at radius 3 is 1.94 bits per heavy atom. The normalized spacial score (nSPS) is 11.2. The van der Waals surface area contributed by atoms with Crippen LogP contribution in [0.2, 0.25) is 0 Å². The molecule has 0 N–H and O–H groups in total. The Labute approximate surface area is 184 Å². The monoisotopic (exact) mass is 398 g/mol. The highest BCUT2D eigenvalue weighted by Crippen LogP contribution is 2.39. The number of fused-ring (bicyclic) bond motifs is 1. The molecule has 0 heterocycles. The molecule has 0 aliphatic heterocycles. The fourth-order valence-corrected chi connectivity index (χ4v) is 4.36. The molecule has 0 radical (unpaired) electrons. The molecule has 0 aromatic heterocycles. The molecule has 0 heteroatoms. The lowest BCUT2D eigenvalue weighted by Gasteiger charge is -2.16. The first-order chi connectivity index (χ1) is 15.2. The summed E-state index contributed by atoms with van der Waals surface area (Å²) in [6.45, 7) is 4.48. The van der Waals surface area contributed by atoms with Crippen LogP contribution in [0.25, 0.3) is 44.2 Å². The Kier molecular flexibility index (Phi) is 5.14. The molecule has 0 saturated heterocycles. The molecule has 31 heavy (non-hydrogen) atoms. The molecule has 0 bridgehead atoms. The van der Waals surface area contributed by atoms with Crippen LogP contribution in [0, 0.1) is 0 Å². The second kappa shape index (κ2) is 8.24. The van der Waals surface area contributed by atoms with E-state index in [2.05, 4.69) is 129 Å². The van der Waals surface area contributed by atoms with Gasteiger partial charge in [0.25, 0.3) is 0 Å². The summed E-state index contributed by atoms with van der Waals surface area (Å²) in [4.78, 5) is 0. The number of rotatable bonds is 4. The Hall–Kier alpha value is -3.64. The van der Waals surface area contributed by atoms with Gasteiger partial charge in [0.05, 0.1) is 0 Å². The lowest BCUT2D eigenvalue weighted by Crippen LogP contribution is -1.91. The third kappa shape index (κ3) is 3.78. The molecule has 0 fully saturated rings. The Morgan fingerprint density at radius 1 is 0.484 bits per heavy atom. The van der Waals surface area contributed by atoms with Gasteiger partial charge in [0.2, 0.25) is 0 Å². The van der Waals surface area contributed by atoms with Crippen molar-refractivity contribution in [2.45, 2.75) is 19.8 Å². The summed E-state index contributed by atoms with van der Waals surface area (Å²) in [5.74, 6) is 0.535. The van der Waals surface area contributed by atoms with Crippen molar-refractivity contribution in [2.24, 2.45) is 0 Å². The van der Waals surface area contributed by atoms with Crippen LogP contribution in [0.15, 0.2) is 115 Å². The van der Waals surface area contributed by atoms with Crippen molar-refractivity contribution in [3.8, 4) is 33.4 Å². The van der Waals surface area contributed by atoms with Crippen molar-refractivity contribution < 1.29 is 0 Å². The maximum atomic E-state index is 2.32. The molecule has 0 spiro atoms. The molecule has 5 aromatic rings. The highest BCUT2D eigenvalue weighted by molar-refractivity contribution is 6.04. The summed E-state index contributed by atoms with van der Waals surface area (Å²) in [5, 5.41) is 2.56. The third-order valence-corrected chi connectivity index (χ3v) is 6.08. The third-order valence-electron chi connectivity index (χ3n) is 6.08. The average Bonchev–Trinajstić information content (AvgIpc) is 2.84. The lowest BCUT2D eigenvalue weighted by atomic mass is 9.88. The maximum absolute atomic E-state index is 2.32. The fourth-order valence-electron chi connectivity index (χ4n) is 4.36.